The fourth-order valence-corrected chi connectivity index (χ4v) is 1.84. The first-order valence-corrected chi connectivity index (χ1v) is 5.42. The third-order valence-electron chi connectivity index (χ3n) is 1.79. The molecular formula is C6H9N2O5P. The van der Waals surface area contributed by atoms with E-state index in [-0.39, 0.29) is 11.3 Å². The Bertz CT molecular complexity index is 469. The molecule has 1 aromatic rings. The van der Waals surface area contributed by atoms with Gasteiger partial charge in [0, 0.05) is 11.6 Å². The van der Waals surface area contributed by atoms with Crippen molar-refractivity contribution in [3.8, 4) is 0 Å². The Morgan fingerprint density at radius 3 is 2.14 bits per heavy atom. The van der Waals surface area contributed by atoms with Crippen LogP contribution in [-0.4, -0.2) is 15.9 Å². The zero-order valence-corrected chi connectivity index (χ0v) is 7.90. The first-order valence-electron chi connectivity index (χ1n) is 3.63. The summed E-state index contributed by atoms with van der Waals surface area (Å²) >= 11 is 0. The van der Waals surface area contributed by atoms with Gasteiger partial charge in [-0.2, -0.15) is 0 Å². The Morgan fingerprint density at radius 2 is 1.79 bits per heavy atom. The fourth-order valence-electron chi connectivity index (χ4n) is 1.14. The molecule has 0 saturated carbocycles. The monoisotopic (exact) mass is 220 g/mol. The molecular weight excluding hydrogens is 211 g/mol. The predicted octanol–water partition coefficient (Wildman–Crippen LogP) is -1.96. The average molecular weight is 220 g/mol. The molecule has 0 aromatic heterocycles. The summed E-state index contributed by atoms with van der Waals surface area (Å²) in [5, 5.41) is 0. The standard InChI is InChI=1S/C6H9N2O5P/c7-2(1-14(11,12)13)3-4(8)6(10)5(3)9/h2H,1,7-8H2,(H2,11,12,13). The van der Waals surface area contributed by atoms with Gasteiger partial charge in [0.1, 0.15) is 0 Å². The summed E-state index contributed by atoms with van der Waals surface area (Å²) in [6, 6.07) is -1.18. The number of rotatable bonds is 3. The summed E-state index contributed by atoms with van der Waals surface area (Å²) in [6.07, 6.45) is -0.692. The Balaban J connectivity index is 2.93. The minimum absolute atomic E-state index is 0.182. The van der Waals surface area contributed by atoms with Gasteiger partial charge in [0.25, 0.3) is 0 Å². The molecule has 0 fully saturated rings. The SMILES string of the molecule is Nc1c(C(N)CP(=O)(O)O)c(=O)c1=O. The van der Waals surface area contributed by atoms with Gasteiger partial charge in [-0.05, 0) is 0 Å². The van der Waals surface area contributed by atoms with Crippen LogP contribution in [0.1, 0.15) is 11.6 Å². The molecule has 78 valence electrons. The second kappa shape index (κ2) is 3.29. The molecule has 1 atom stereocenters. The maximum Gasteiger partial charge on any atom is 0.327 e. The first kappa shape index (κ1) is 11.1. The highest BCUT2D eigenvalue weighted by atomic mass is 31.2. The summed E-state index contributed by atoms with van der Waals surface area (Å²) in [4.78, 5) is 38.7. The van der Waals surface area contributed by atoms with E-state index >= 15 is 0 Å². The second-order valence-corrected chi connectivity index (χ2v) is 4.63. The van der Waals surface area contributed by atoms with E-state index in [2.05, 4.69) is 0 Å². The molecule has 0 aliphatic heterocycles. The van der Waals surface area contributed by atoms with Crippen molar-refractivity contribution in [2.24, 2.45) is 5.73 Å². The lowest BCUT2D eigenvalue weighted by Gasteiger charge is -2.15. The normalized spacial score (nSPS) is 14.5. The van der Waals surface area contributed by atoms with E-state index in [4.69, 9.17) is 21.3 Å². The molecule has 0 heterocycles. The predicted molar refractivity (Wildman–Crippen MR) is 49.6 cm³/mol. The summed E-state index contributed by atoms with van der Waals surface area (Å²) in [7, 11) is -4.31. The molecule has 8 heteroatoms. The Kier molecular flexibility index (Phi) is 2.60. The van der Waals surface area contributed by atoms with Crippen LogP contribution in [0.4, 0.5) is 5.69 Å². The third kappa shape index (κ3) is 1.91. The minimum atomic E-state index is -4.31. The molecule has 0 saturated heterocycles. The van der Waals surface area contributed by atoms with E-state index in [1.54, 1.807) is 0 Å². The fraction of sp³-hybridized carbons (Fsp3) is 0.333. The van der Waals surface area contributed by atoms with Crippen molar-refractivity contribution >= 4 is 13.3 Å². The van der Waals surface area contributed by atoms with Gasteiger partial charge in [-0.15, -0.1) is 0 Å². The molecule has 0 aliphatic rings. The number of nitrogen functional groups attached to an aromatic ring is 1. The molecule has 0 bridgehead atoms. The summed E-state index contributed by atoms with van der Waals surface area (Å²) in [6.45, 7) is 0. The van der Waals surface area contributed by atoms with E-state index in [9.17, 15) is 14.2 Å². The summed E-state index contributed by atoms with van der Waals surface area (Å²) in [5.74, 6) is 0. The third-order valence-corrected chi connectivity index (χ3v) is 2.66. The van der Waals surface area contributed by atoms with Crippen molar-refractivity contribution in [2.75, 3.05) is 11.9 Å². The van der Waals surface area contributed by atoms with Gasteiger partial charge in [0.15, 0.2) is 0 Å². The van der Waals surface area contributed by atoms with Crippen molar-refractivity contribution in [3.05, 3.63) is 26.0 Å². The van der Waals surface area contributed by atoms with Crippen LogP contribution >= 0.6 is 7.60 Å². The largest absolute Gasteiger partial charge is 0.395 e. The van der Waals surface area contributed by atoms with Crippen LogP contribution in [0.3, 0.4) is 0 Å². The van der Waals surface area contributed by atoms with Gasteiger partial charge in [0.05, 0.1) is 11.8 Å². The lowest BCUT2D eigenvalue weighted by Crippen LogP contribution is -2.42. The van der Waals surface area contributed by atoms with E-state index in [1.165, 1.54) is 0 Å². The molecule has 14 heavy (non-hydrogen) atoms. The number of nitrogens with two attached hydrogens (primary N) is 2. The second-order valence-electron chi connectivity index (χ2n) is 2.94. The van der Waals surface area contributed by atoms with Crippen LogP contribution in [0.25, 0.3) is 0 Å². The van der Waals surface area contributed by atoms with E-state index < -0.39 is 30.7 Å². The highest BCUT2D eigenvalue weighted by molar-refractivity contribution is 7.51. The molecule has 7 nitrogen and oxygen atoms in total. The topological polar surface area (TPSA) is 144 Å². The van der Waals surface area contributed by atoms with Crippen LogP contribution in [0.5, 0.6) is 0 Å². The van der Waals surface area contributed by atoms with Crippen molar-refractivity contribution in [3.63, 3.8) is 0 Å². The lowest BCUT2D eigenvalue weighted by atomic mass is 10.0. The minimum Gasteiger partial charge on any atom is -0.395 e. The van der Waals surface area contributed by atoms with E-state index in [1.807, 2.05) is 0 Å². The Hall–Kier alpha value is -1.01. The van der Waals surface area contributed by atoms with Gasteiger partial charge < -0.3 is 21.3 Å². The molecule has 1 aromatic carbocycles. The van der Waals surface area contributed by atoms with Crippen LogP contribution in [0.2, 0.25) is 0 Å². The van der Waals surface area contributed by atoms with E-state index in [0.717, 1.165) is 0 Å². The van der Waals surface area contributed by atoms with E-state index in [0.29, 0.717) is 0 Å². The zero-order valence-electron chi connectivity index (χ0n) is 7.01. The van der Waals surface area contributed by atoms with Crippen molar-refractivity contribution < 1.29 is 14.4 Å². The highest BCUT2D eigenvalue weighted by Crippen LogP contribution is 2.38. The van der Waals surface area contributed by atoms with Crippen molar-refractivity contribution in [1.29, 1.82) is 0 Å². The smallest absolute Gasteiger partial charge is 0.327 e. The maximum absolute atomic E-state index is 10.9. The lowest BCUT2D eigenvalue weighted by molar-refractivity contribution is 0.369. The summed E-state index contributed by atoms with van der Waals surface area (Å²) in [5.41, 5.74) is 8.28. The van der Waals surface area contributed by atoms with Crippen LogP contribution in [0, 0.1) is 0 Å². The van der Waals surface area contributed by atoms with Gasteiger partial charge in [-0.3, -0.25) is 14.2 Å². The molecule has 0 amide bonds. The van der Waals surface area contributed by atoms with Crippen molar-refractivity contribution in [2.45, 2.75) is 6.04 Å². The number of hydrogen-bond donors (Lipinski definition) is 4. The molecule has 1 rings (SSSR count). The van der Waals surface area contributed by atoms with Crippen molar-refractivity contribution in [1.82, 2.24) is 0 Å². The van der Waals surface area contributed by atoms with Gasteiger partial charge in [0.2, 0.25) is 10.9 Å². The maximum atomic E-state index is 10.9. The molecule has 1 unspecified atom stereocenters. The number of hydrogen-bond acceptors (Lipinski definition) is 5. The van der Waals surface area contributed by atoms with Gasteiger partial charge in [-0.25, -0.2) is 0 Å². The first-order chi connectivity index (χ1) is 6.24. The average Bonchev–Trinajstić information content (AvgIpc) is 2.00. The van der Waals surface area contributed by atoms with Crippen LogP contribution in [-0.2, 0) is 4.57 Å². The summed E-state index contributed by atoms with van der Waals surface area (Å²) < 4.78 is 10.5. The molecule has 0 spiro atoms. The van der Waals surface area contributed by atoms with Crippen LogP contribution < -0.4 is 22.3 Å². The Morgan fingerprint density at radius 1 is 1.29 bits per heavy atom. The Labute approximate surface area is 78.2 Å². The molecule has 0 aliphatic carbocycles. The van der Waals surface area contributed by atoms with Gasteiger partial charge >= 0.3 is 7.60 Å². The van der Waals surface area contributed by atoms with Gasteiger partial charge in [-0.1, -0.05) is 0 Å². The zero-order chi connectivity index (χ0) is 11.1. The highest BCUT2D eigenvalue weighted by Gasteiger charge is 2.28. The molecule has 0 radical (unpaired) electrons. The molecule has 6 N–H and O–H groups in total. The van der Waals surface area contributed by atoms with Crippen LogP contribution in [0.15, 0.2) is 9.59 Å². The number of anilines is 1. The quantitative estimate of drug-likeness (QED) is 0.342.